The van der Waals surface area contributed by atoms with Gasteiger partial charge in [-0.25, -0.2) is 4.79 Å². The third-order valence-electron chi connectivity index (χ3n) is 3.95. The van der Waals surface area contributed by atoms with Gasteiger partial charge in [0, 0.05) is 11.6 Å². The third kappa shape index (κ3) is 3.36. The summed E-state index contributed by atoms with van der Waals surface area (Å²) in [6.45, 7) is 0.194. The van der Waals surface area contributed by atoms with Gasteiger partial charge in [-0.05, 0) is 42.7 Å². The largest absolute Gasteiger partial charge is 0.480 e. The second kappa shape index (κ2) is 6.93. The summed E-state index contributed by atoms with van der Waals surface area (Å²) in [5, 5.41) is 9.73. The number of hydrogen-bond acceptors (Lipinski definition) is 2. The molecule has 0 fully saturated rings. The van der Waals surface area contributed by atoms with Crippen LogP contribution in [0.25, 0.3) is 11.0 Å². The number of hydrogen-bond donors (Lipinski definition) is 1. The van der Waals surface area contributed by atoms with Crippen molar-refractivity contribution in [1.82, 2.24) is 9.13 Å². The van der Waals surface area contributed by atoms with Gasteiger partial charge in [0.2, 0.25) is 0 Å². The second-order valence-electron chi connectivity index (χ2n) is 5.64. The quantitative estimate of drug-likeness (QED) is 0.747. The van der Waals surface area contributed by atoms with E-state index in [4.69, 9.17) is 16.7 Å². The lowest BCUT2D eigenvalue weighted by Crippen LogP contribution is -2.27. The number of benzene rings is 2. The lowest BCUT2D eigenvalue weighted by molar-refractivity contribution is -0.137. The Morgan fingerprint density at radius 1 is 1.04 bits per heavy atom. The van der Waals surface area contributed by atoms with E-state index in [0.29, 0.717) is 17.1 Å². The van der Waals surface area contributed by atoms with Crippen LogP contribution in [0.2, 0.25) is 5.02 Å². The molecule has 1 heterocycles. The molecule has 0 radical (unpaired) electrons. The fraction of sp³-hybridized carbons (Fsp3) is 0.222. The van der Waals surface area contributed by atoms with Crippen molar-refractivity contribution in [1.29, 1.82) is 0 Å². The first-order valence-corrected chi connectivity index (χ1v) is 8.08. The maximum absolute atomic E-state index is 12.6. The van der Waals surface area contributed by atoms with E-state index < -0.39 is 5.97 Å². The Kier molecular flexibility index (Phi) is 4.71. The first-order valence-electron chi connectivity index (χ1n) is 7.70. The molecule has 5 nitrogen and oxygen atoms in total. The van der Waals surface area contributed by atoms with E-state index in [-0.39, 0.29) is 12.2 Å². The number of carboxylic acid groups (broad SMARTS) is 1. The van der Waals surface area contributed by atoms with Crippen LogP contribution in [0.4, 0.5) is 0 Å². The average molecular weight is 345 g/mol. The minimum Gasteiger partial charge on any atom is -0.480 e. The Morgan fingerprint density at radius 3 is 2.42 bits per heavy atom. The van der Waals surface area contributed by atoms with Crippen LogP contribution >= 0.6 is 11.6 Å². The number of halogens is 1. The number of aryl methyl sites for hydroxylation is 2. The zero-order valence-corrected chi connectivity index (χ0v) is 13.7. The molecule has 0 aliphatic heterocycles. The van der Waals surface area contributed by atoms with Crippen molar-refractivity contribution in [3.05, 3.63) is 69.6 Å². The summed E-state index contributed by atoms with van der Waals surface area (Å²) in [4.78, 5) is 23.6. The van der Waals surface area contributed by atoms with Gasteiger partial charge in [-0.2, -0.15) is 0 Å². The smallest absolute Gasteiger partial charge is 0.329 e. The summed E-state index contributed by atoms with van der Waals surface area (Å²) < 4.78 is 2.94. The molecule has 1 N–H and O–H groups in total. The summed E-state index contributed by atoms with van der Waals surface area (Å²) >= 11 is 5.98. The van der Waals surface area contributed by atoms with Gasteiger partial charge in [0.1, 0.15) is 6.54 Å². The highest BCUT2D eigenvalue weighted by atomic mass is 35.5. The van der Waals surface area contributed by atoms with Crippen molar-refractivity contribution in [3.8, 4) is 0 Å². The molecule has 0 saturated carbocycles. The topological polar surface area (TPSA) is 64.2 Å². The van der Waals surface area contributed by atoms with E-state index in [1.165, 1.54) is 4.57 Å². The molecule has 6 heteroatoms. The molecular formula is C18H17ClN2O3. The highest BCUT2D eigenvalue weighted by Crippen LogP contribution is 2.15. The fourth-order valence-electron chi connectivity index (χ4n) is 2.91. The normalized spacial score (nSPS) is 11.0. The van der Waals surface area contributed by atoms with Crippen molar-refractivity contribution in [2.24, 2.45) is 0 Å². The summed E-state index contributed by atoms with van der Waals surface area (Å²) in [6.07, 6.45) is 1.56. The summed E-state index contributed by atoms with van der Waals surface area (Å²) in [6, 6.07) is 14.9. The Bertz CT molecular complexity index is 943. The molecule has 0 amide bonds. The Hall–Kier alpha value is -2.53. The van der Waals surface area contributed by atoms with E-state index >= 15 is 0 Å². The van der Waals surface area contributed by atoms with E-state index in [2.05, 4.69) is 0 Å². The second-order valence-corrected chi connectivity index (χ2v) is 6.07. The molecule has 0 atom stereocenters. The number of fused-ring (bicyclic) bond motifs is 1. The highest BCUT2D eigenvalue weighted by molar-refractivity contribution is 6.30. The standard InChI is InChI=1S/C18H17ClN2O3/c19-14-7-3-5-13(11-14)6-4-10-20-15-8-1-2-9-16(15)21(18(20)24)12-17(22)23/h1-3,5,7-9,11H,4,6,10,12H2,(H,22,23). The number of carbonyl (C=O) groups is 1. The van der Waals surface area contributed by atoms with Gasteiger partial charge >= 0.3 is 11.7 Å². The van der Waals surface area contributed by atoms with Gasteiger partial charge in [-0.1, -0.05) is 35.9 Å². The monoisotopic (exact) mass is 344 g/mol. The van der Waals surface area contributed by atoms with Crippen LogP contribution in [-0.2, 0) is 24.3 Å². The van der Waals surface area contributed by atoms with E-state index in [1.54, 1.807) is 16.7 Å². The van der Waals surface area contributed by atoms with E-state index in [9.17, 15) is 9.59 Å². The molecule has 124 valence electrons. The van der Waals surface area contributed by atoms with E-state index in [1.807, 2.05) is 36.4 Å². The molecule has 0 aliphatic carbocycles. The number of aliphatic carboxylic acids is 1. The minimum absolute atomic E-state index is 0.287. The molecule has 3 rings (SSSR count). The predicted molar refractivity (Wildman–Crippen MR) is 93.6 cm³/mol. The Labute approximate surface area is 143 Å². The number of imidazole rings is 1. The molecule has 1 aromatic heterocycles. The lowest BCUT2D eigenvalue weighted by Gasteiger charge is -2.04. The number of rotatable bonds is 6. The lowest BCUT2D eigenvalue weighted by atomic mass is 10.1. The molecule has 3 aromatic rings. The van der Waals surface area contributed by atoms with Crippen LogP contribution < -0.4 is 5.69 Å². The Balaban J connectivity index is 1.85. The van der Waals surface area contributed by atoms with Gasteiger partial charge in [0.25, 0.3) is 0 Å². The third-order valence-corrected chi connectivity index (χ3v) is 4.19. The maximum atomic E-state index is 12.6. The van der Waals surface area contributed by atoms with Crippen LogP contribution in [0.5, 0.6) is 0 Å². The summed E-state index contributed by atoms with van der Waals surface area (Å²) in [5.41, 5.74) is 2.23. The van der Waals surface area contributed by atoms with Crippen molar-refractivity contribution in [2.45, 2.75) is 25.9 Å². The number of nitrogens with zero attached hydrogens (tertiary/aromatic N) is 2. The van der Waals surface area contributed by atoms with Crippen LogP contribution in [0, 0.1) is 0 Å². The van der Waals surface area contributed by atoms with Crippen molar-refractivity contribution >= 4 is 28.6 Å². The highest BCUT2D eigenvalue weighted by Gasteiger charge is 2.14. The molecule has 2 aromatic carbocycles. The van der Waals surface area contributed by atoms with Crippen molar-refractivity contribution in [2.75, 3.05) is 0 Å². The molecule has 0 bridgehead atoms. The zero-order valence-electron chi connectivity index (χ0n) is 13.0. The van der Waals surface area contributed by atoms with Gasteiger partial charge in [-0.15, -0.1) is 0 Å². The predicted octanol–water partition coefficient (Wildman–Crippen LogP) is 3.17. The van der Waals surface area contributed by atoms with Crippen molar-refractivity contribution in [3.63, 3.8) is 0 Å². The molecule has 0 unspecified atom stereocenters. The van der Waals surface area contributed by atoms with Gasteiger partial charge in [0.15, 0.2) is 0 Å². The van der Waals surface area contributed by atoms with Gasteiger partial charge in [-0.3, -0.25) is 13.9 Å². The minimum atomic E-state index is -1.03. The van der Waals surface area contributed by atoms with E-state index in [0.717, 1.165) is 23.9 Å². The molecular weight excluding hydrogens is 328 g/mol. The SMILES string of the molecule is O=C(O)Cn1c(=O)n(CCCc2cccc(Cl)c2)c2ccccc21. The summed E-state index contributed by atoms with van der Waals surface area (Å²) in [5.74, 6) is -1.03. The van der Waals surface area contributed by atoms with Crippen LogP contribution in [0.1, 0.15) is 12.0 Å². The fourth-order valence-corrected chi connectivity index (χ4v) is 3.12. The van der Waals surface area contributed by atoms with Crippen LogP contribution in [0.15, 0.2) is 53.3 Å². The number of aromatic nitrogens is 2. The van der Waals surface area contributed by atoms with Crippen molar-refractivity contribution < 1.29 is 9.90 Å². The van der Waals surface area contributed by atoms with Gasteiger partial charge in [0.05, 0.1) is 11.0 Å². The zero-order chi connectivity index (χ0) is 17.1. The molecule has 0 saturated heterocycles. The number of carboxylic acids is 1. The van der Waals surface area contributed by atoms with Crippen LogP contribution in [0.3, 0.4) is 0 Å². The van der Waals surface area contributed by atoms with Crippen LogP contribution in [-0.4, -0.2) is 20.2 Å². The molecule has 0 spiro atoms. The first kappa shape index (κ1) is 16.3. The molecule has 24 heavy (non-hydrogen) atoms. The number of para-hydroxylation sites is 2. The Morgan fingerprint density at radius 2 is 1.75 bits per heavy atom. The first-order chi connectivity index (χ1) is 11.6. The maximum Gasteiger partial charge on any atom is 0.329 e. The molecule has 0 aliphatic rings. The average Bonchev–Trinajstić information content (AvgIpc) is 2.80. The summed E-state index contributed by atoms with van der Waals surface area (Å²) in [7, 11) is 0. The van der Waals surface area contributed by atoms with Gasteiger partial charge < -0.3 is 5.11 Å².